The van der Waals surface area contributed by atoms with Crippen molar-refractivity contribution in [1.29, 1.82) is 0 Å². The van der Waals surface area contributed by atoms with Gasteiger partial charge in [-0.05, 0) is 40.2 Å². The molecule has 0 bridgehead atoms. The van der Waals surface area contributed by atoms with Crippen LogP contribution in [0.15, 0.2) is 47.1 Å². The highest BCUT2D eigenvalue weighted by Gasteiger charge is 2.00. The molecule has 1 amide bonds. The Bertz CT molecular complexity index is 554. The number of aromatic nitrogens is 1. The van der Waals surface area contributed by atoms with Crippen molar-refractivity contribution < 1.29 is 4.79 Å². The van der Waals surface area contributed by atoms with Crippen molar-refractivity contribution in [2.24, 2.45) is 0 Å². The van der Waals surface area contributed by atoms with E-state index >= 15 is 0 Å². The molecular formula is C13H12BrN3O. The fraction of sp³-hybridized carbons (Fsp3) is 0.0769. The maximum absolute atomic E-state index is 10.9. The number of anilines is 3. The summed E-state index contributed by atoms with van der Waals surface area (Å²) >= 11 is 3.46. The van der Waals surface area contributed by atoms with Crippen LogP contribution in [-0.2, 0) is 4.79 Å². The number of carbonyl (C=O) groups excluding carboxylic acids is 1. The minimum absolute atomic E-state index is 0.131. The number of nitrogens with one attached hydrogen (secondary N) is 2. The van der Waals surface area contributed by atoms with Crippen LogP contribution in [0.2, 0.25) is 0 Å². The second-order valence-corrected chi connectivity index (χ2v) is 4.57. The summed E-state index contributed by atoms with van der Waals surface area (Å²) in [6.45, 7) is 1.45. The highest BCUT2D eigenvalue weighted by molar-refractivity contribution is 9.10. The number of halogens is 1. The molecule has 0 atom stereocenters. The number of rotatable bonds is 3. The Morgan fingerprint density at radius 2 is 2.00 bits per heavy atom. The van der Waals surface area contributed by atoms with Crippen molar-refractivity contribution in [2.45, 2.75) is 6.92 Å². The molecule has 0 saturated heterocycles. The standard InChI is InChI=1S/C13H12BrN3O/c1-9(18)16-13-7-6-10(8-15-13)17-12-5-3-2-4-11(12)14/h2-8,17H,1H3,(H,15,16,18). The summed E-state index contributed by atoms with van der Waals surface area (Å²) < 4.78 is 0.982. The lowest BCUT2D eigenvalue weighted by atomic mass is 10.3. The van der Waals surface area contributed by atoms with E-state index < -0.39 is 0 Å². The van der Waals surface area contributed by atoms with E-state index in [1.807, 2.05) is 30.3 Å². The second kappa shape index (κ2) is 5.64. The SMILES string of the molecule is CC(=O)Nc1ccc(Nc2ccccc2Br)cn1. The van der Waals surface area contributed by atoms with Gasteiger partial charge in [0.1, 0.15) is 5.82 Å². The van der Waals surface area contributed by atoms with Gasteiger partial charge in [-0.15, -0.1) is 0 Å². The molecule has 4 nitrogen and oxygen atoms in total. The molecule has 92 valence electrons. The van der Waals surface area contributed by atoms with Crippen LogP contribution < -0.4 is 10.6 Å². The zero-order chi connectivity index (χ0) is 13.0. The molecule has 5 heteroatoms. The number of pyridine rings is 1. The maximum atomic E-state index is 10.9. The first kappa shape index (κ1) is 12.6. The number of hydrogen-bond acceptors (Lipinski definition) is 3. The van der Waals surface area contributed by atoms with Crippen LogP contribution in [0.4, 0.5) is 17.2 Å². The largest absolute Gasteiger partial charge is 0.353 e. The van der Waals surface area contributed by atoms with Crippen molar-refractivity contribution in [3.63, 3.8) is 0 Å². The zero-order valence-electron chi connectivity index (χ0n) is 9.77. The topological polar surface area (TPSA) is 54.0 Å². The van der Waals surface area contributed by atoms with E-state index in [-0.39, 0.29) is 5.91 Å². The molecule has 0 radical (unpaired) electrons. The Balaban J connectivity index is 2.11. The minimum Gasteiger partial charge on any atom is -0.353 e. The number of hydrogen-bond donors (Lipinski definition) is 2. The van der Waals surface area contributed by atoms with Crippen molar-refractivity contribution in [1.82, 2.24) is 4.98 Å². The smallest absolute Gasteiger partial charge is 0.222 e. The van der Waals surface area contributed by atoms with Gasteiger partial charge in [0, 0.05) is 11.4 Å². The molecule has 2 N–H and O–H groups in total. The highest BCUT2D eigenvalue weighted by atomic mass is 79.9. The number of benzene rings is 1. The molecule has 0 unspecified atom stereocenters. The number of carbonyl (C=O) groups is 1. The predicted molar refractivity (Wildman–Crippen MR) is 76.0 cm³/mol. The van der Waals surface area contributed by atoms with E-state index in [0.29, 0.717) is 5.82 Å². The van der Waals surface area contributed by atoms with Crippen LogP contribution >= 0.6 is 15.9 Å². The van der Waals surface area contributed by atoms with E-state index in [2.05, 4.69) is 31.5 Å². The van der Waals surface area contributed by atoms with Gasteiger partial charge >= 0.3 is 0 Å². The van der Waals surface area contributed by atoms with Gasteiger partial charge in [-0.1, -0.05) is 12.1 Å². The van der Waals surface area contributed by atoms with Gasteiger partial charge in [0.25, 0.3) is 0 Å². The van der Waals surface area contributed by atoms with Crippen LogP contribution in [0.5, 0.6) is 0 Å². The Labute approximate surface area is 114 Å². The molecule has 1 aromatic heterocycles. The van der Waals surface area contributed by atoms with Crippen molar-refractivity contribution in [3.8, 4) is 0 Å². The van der Waals surface area contributed by atoms with Gasteiger partial charge in [0.15, 0.2) is 0 Å². The Hall–Kier alpha value is -1.88. The Morgan fingerprint density at radius 3 is 2.61 bits per heavy atom. The Morgan fingerprint density at radius 1 is 1.22 bits per heavy atom. The summed E-state index contributed by atoms with van der Waals surface area (Å²) in [6.07, 6.45) is 1.67. The molecule has 0 saturated carbocycles. The molecule has 2 rings (SSSR count). The molecule has 0 spiro atoms. The average Bonchev–Trinajstić information content (AvgIpc) is 2.34. The van der Waals surface area contributed by atoms with E-state index in [1.165, 1.54) is 6.92 Å². The summed E-state index contributed by atoms with van der Waals surface area (Å²) in [5.74, 6) is 0.411. The Kier molecular flexibility index (Phi) is 3.94. The third-order valence-electron chi connectivity index (χ3n) is 2.22. The summed E-state index contributed by atoms with van der Waals surface area (Å²) in [6, 6.07) is 11.4. The van der Waals surface area contributed by atoms with Crippen LogP contribution in [0.1, 0.15) is 6.92 Å². The molecular weight excluding hydrogens is 294 g/mol. The molecule has 1 heterocycles. The van der Waals surface area contributed by atoms with Crippen molar-refractivity contribution in [3.05, 3.63) is 47.1 Å². The average molecular weight is 306 g/mol. The van der Waals surface area contributed by atoms with E-state index in [4.69, 9.17) is 0 Å². The van der Waals surface area contributed by atoms with Gasteiger partial charge in [-0.3, -0.25) is 4.79 Å². The molecule has 0 aliphatic heterocycles. The van der Waals surface area contributed by atoms with E-state index in [0.717, 1.165) is 15.8 Å². The van der Waals surface area contributed by atoms with Crippen molar-refractivity contribution in [2.75, 3.05) is 10.6 Å². The molecule has 2 aromatic rings. The van der Waals surface area contributed by atoms with Gasteiger partial charge in [0.2, 0.25) is 5.91 Å². The number of nitrogens with zero attached hydrogens (tertiary/aromatic N) is 1. The zero-order valence-corrected chi connectivity index (χ0v) is 11.4. The van der Waals surface area contributed by atoms with Gasteiger partial charge < -0.3 is 10.6 Å². The third kappa shape index (κ3) is 3.30. The van der Waals surface area contributed by atoms with E-state index in [1.54, 1.807) is 12.3 Å². The highest BCUT2D eigenvalue weighted by Crippen LogP contribution is 2.25. The molecule has 0 aliphatic rings. The molecule has 0 aliphatic carbocycles. The third-order valence-corrected chi connectivity index (χ3v) is 2.91. The number of para-hydroxylation sites is 1. The molecule has 0 fully saturated rings. The number of amides is 1. The lowest BCUT2D eigenvalue weighted by Gasteiger charge is -2.08. The fourth-order valence-corrected chi connectivity index (χ4v) is 1.82. The summed E-state index contributed by atoms with van der Waals surface area (Å²) in [5, 5.41) is 5.85. The summed E-state index contributed by atoms with van der Waals surface area (Å²) in [4.78, 5) is 15.0. The monoisotopic (exact) mass is 305 g/mol. The van der Waals surface area contributed by atoms with Gasteiger partial charge in [-0.2, -0.15) is 0 Å². The van der Waals surface area contributed by atoms with Crippen LogP contribution in [-0.4, -0.2) is 10.9 Å². The van der Waals surface area contributed by atoms with Gasteiger partial charge in [-0.25, -0.2) is 4.98 Å². The first-order chi connectivity index (χ1) is 8.65. The van der Waals surface area contributed by atoms with Gasteiger partial charge in [0.05, 0.1) is 17.6 Å². The lowest BCUT2D eigenvalue weighted by Crippen LogP contribution is -2.07. The predicted octanol–water partition coefficient (Wildman–Crippen LogP) is 3.55. The molecule has 1 aromatic carbocycles. The quantitative estimate of drug-likeness (QED) is 0.912. The van der Waals surface area contributed by atoms with Crippen molar-refractivity contribution >= 4 is 39.0 Å². The minimum atomic E-state index is -0.131. The van der Waals surface area contributed by atoms with Crippen LogP contribution in [0.25, 0.3) is 0 Å². The maximum Gasteiger partial charge on any atom is 0.222 e. The fourth-order valence-electron chi connectivity index (χ4n) is 1.44. The first-order valence-corrected chi connectivity index (χ1v) is 6.19. The summed E-state index contributed by atoms with van der Waals surface area (Å²) in [5.41, 5.74) is 1.82. The lowest BCUT2D eigenvalue weighted by molar-refractivity contribution is -0.114. The van der Waals surface area contributed by atoms with Crippen LogP contribution in [0, 0.1) is 0 Å². The second-order valence-electron chi connectivity index (χ2n) is 3.72. The van der Waals surface area contributed by atoms with Crippen LogP contribution in [0.3, 0.4) is 0 Å². The normalized spacial score (nSPS) is 9.89. The van der Waals surface area contributed by atoms with E-state index in [9.17, 15) is 4.79 Å². The molecule has 18 heavy (non-hydrogen) atoms. The summed E-state index contributed by atoms with van der Waals surface area (Å²) in [7, 11) is 0. The first-order valence-electron chi connectivity index (χ1n) is 5.40.